The van der Waals surface area contributed by atoms with Gasteiger partial charge in [0.1, 0.15) is 18.3 Å². The standard InChI is InChI=1S/C21H20O10S2/c1-11-3-7-13(8-4-11)32(23,24)30-19-16-15(22)17-20(18(19)29-21(27-16)28-17)31-33(25,26)14-9-5-12(2)6-10-14/h3-10,16-21H,1-2H3/t16-,17?,18+,19?,20?,21-/m1/s1. The van der Waals surface area contributed by atoms with Crippen molar-refractivity contribution < 1.29 is 44.2 Å². The largest absolute Gasteiger partial charge is 0.321 e. The normalized spacial score (nSPS) is 31.2. The molecular weight excluding hydrogens is 476 g/mol. The van der Waals surface area contributed by atoms with Gasteiger partial charge in [0.25, 0.3) is 26.7 Å². The van der Waals surface area contributed by atoms with Crippen LogP contribution in [0.1, 0.15) is 11.1 Å². The predicted molar refractivity (Wildman–Crippen MR) is 110 cm³/mol. The van der Waals surface area contributed by atoms with E-state index in [0.29, 0.717) is 0 Å². The molecule has 1 saturated carbocycles. The van der Waals surface area contributed by atoms with Gasteiger partial charge in [0.05, 0.1) is 9.79 Å². The molecule has 4 fully saturated rings. The lowest BCUT2D eigenvalue weighted by molar-refractivity contribution is -0.434. The van der Waals surface area contributed by atoms with E-state index in [1.54, 1.807) is 38.1 Å². The fourth-order valence-corrected chi connectivity index (χ4v) is 6.12. The average Bonchev–Trinajstić information content (AvgIpc) is 2.76. The third-order valence-corrected chi connectivity index (χ3v) is 8.33. The van der Waals surface area contributed by atoms with Crippen LogP contribution in [0.25, 0.3) is 0 Å². The SMILES string of the molecule is Cc1ccc(S(=O)(=O)OC2C3O[C@@H]4O[C@H]2C(OS(=O)(=O)c2ccc(C)cc2)[C@H](O4)C3=O)cc1. The Morgan fingerprint density at radius 2 is 1.06 bits per heavy atom. The summed E-state index contributed by atoms with van der Waals surface area (Å²) in [6, 6.07) is 11.8. The maximum Gasteiger partial charge on any atom is 0.297 e. The van der Waals surface area contributed by atoms with Crippen LogP contribution in [0.15, 0.2) is 58.3 Å². The highest BCUT2D eigenvalue weighted by Gasteiger charge is 2.65. The quantitative estimate of drug-likeness (QED) is 0.538. The first-order valence-electron chi connectivity index (χ1n) is 10.1. The molecule has 33 heavy (non-hydrogen) atoms. The molecule has 0 aromatic heterocycles. The van der Waals surface area contributed by atoms with Crippen LogP contribution in [0.4, 0.5) is 0 Å². The van der Waals surface area contributed by atoms with Crippen molar-refractivity contribution in [2.24, 2.45) is 0 Å². The highest BCUT2D eigenvalue weighted by molar-refractivity contribution is 7.87. The molecule has 0 spiro atoms. The summed E-state index contributed by atoms with van der Waals surface area (Å²) >= 11 is 0. The van der Waals surface area contributed by atoms with Crippen molar-refractivity contribution in [2.45, 2.75) is 60.6 Å². The second kappa shape index (κ2) is 7.94. The third-order valence-electron chi connectivity index (χ3n) is 5.68. The zero-order valence-corrected chi connectivity index (χ0v) is 19.1. The molecule has 12 heteroatoms. The third kappa shape index (κ3) is 4.01. The number of hydrogen-bond acceptors (Lipinski definition) is 10. The van der Waals surface area contributed by atoms with Crippen molar-refractivity contribution in [2.75, 3.05) is 0 Å². The summed E-state index contributed by atoms with van der Waals surface area (Å²) in [6.45, 7) is 2.34. The maximum atomic E-state index is 12.9. The van der Waals surface area contributed by atoms with Gasteiger partial charge in [-0.2, -0.15) is 16.8 Å². The van der Waals surface area contributed by atoms with Gasteiger partial charge in [0.2, 0.25) is 0 Å². The Labute approximate surface area is 190 Å². The van der Waals surface area contributed by atoms with E-state index >= 15 is 0 Å². The Bertz CT molecular complexity index is 1190. The van der Waals surface area contributed by atoms with E-state index in [9.17, 15) is 21.6 Å². The van der Waals surface area contributed by atoms with Crippen LogP contribution in [0.5, 0.6) is 0 Å². The van der Waals surface area contributed by atoms with E-state index in [0.717, 1.165) is 11.1 Å². The highest BCUT2D eigenvalue weighted by Crippen LogP contribution is 2.42. The summed E-state index contributed by atoms with van der Waals surface area (Å²) in [5.74, 6) is -0.681. The molecule has 3 aliphatic heterocycles. The summed E-state index contributed by atoms with van der Waals surface area (Å²) in [5, 5.41) is 0. The molecule has 2 aromatic carbocycles. The minimum Gasteiger partial charge on any atom is -0.321 e. The average molecular weight is 497 g/mol. The summed E-state index contributed by atoms with van der Waals surface area (Å²) < 4.78 is 78.3. The van der Waals surface area contributed by atoms with E-state index < -0.39 is 63.0 Å². The van der Waals surface area contributed by atoms with Crippen LogP contribution in [-0.2, 0) is 47.6 Å². The zero-order valence-electron chi connectivity index (χ0n) is 17.5. The molecule has 0 N–H and O–H groups in total. The van der Waals surface area contributed by atoms with Crippen LogP contribution in [0.3, 0.4) is 0 Å². The van der Waals surface area contributed by atoms with Gasteiger partial charge in [0.15, 0.2) is 18.0 Å². The Morgan fingerprint density at radius 3 is 1.45 bits per heavy atom. The molecule has 176 valence electrons. The minimum absolute atomic E-state index is 0.129. The first-order valence-corrected chi connectivity index (χ1v) is 12.9. The number of ketones is 1. The second-order valence-electron chi connectivity index (χ2n) is 8.06. The van der Waals surface area contributed by atoms with Crippen LogP contribution >= 0.6 is 0 Å². The van der Waals surface area contributed by atoms with Crippen LogP contribution in [0.2, 0.25) is 0 Å². The van der Waals surface area contributed by atoms with Crippen molar-refractivity contribution in [3.63, 3.8) is 0 Å². The molecule has 3 unspecified atom stereocenters. The van der Waals surface area contributed by atoms with E-state index in [2.05, 4.69) is 0 Å². The lowest BCUT2D eigenvalue weighted by atomic mass is 9.84. The Kier molecular flexibility index (Phi) is 5.44. The second-order valence-corrected chi connectivity index (χ2v) is 11.2. The lowest BCUT2D eigenvalue weighted by Crippen LogP contribution is -2.74. The van der Waals surface area contributed by atoms with Crippen molar-refractivity contribution in [1.82, 2.24) is 0 Å². The van der Waals surface area contributed by atoms with Gasteiger partial charge in [-0.3, -0.25) is 13.2 Å². The van der Waals surface area contributed by atoms with Gasteiger partial charge in [-0.1, -0.05) is 35.4 Å². The minimum atomic E-state index is -4.33. The fourth-order valence-electron chi connectivity index (χ4n) is 3.95. The Balaban J connectivity index is 1.45. The molecular formula is C21H20O10S2. The van der Waals surface area contributed by atoms with Crippen LogP contribution < -0.4 is 0 Å². The number of benzene rings is 2. The number of hydrogen-bond donors (Lipinski definition) is 0. The first-order chi connectivity index (χ1) is 15.5. The Morgan fingerprint density at radius 1 is 0.667 bits per heavy atom. The smallest absolute Gasteiger partial charge is 0.297 e. The molecule has 3 saturated heterocycles. The van der Waals surface area contributed by atoms with Crippen molar-refractivity contribution in [3.8, 4) is 0 Å². The number of rotatable bonds is 6. The van der Waals surface area contributed by atoms with Crippen LogP contribution in [0, 0.1) is 13.8 Å². The Hall–Kier alpha value is -2.19. The molecule has 3 heterocycles. The molecule has 0 radical (unpaired) electrons. The fraction of sp³-hybridized carbons (Fsp3) is 0.381. The molecule has 4 bridgehead atoms. The number of carbonyl (C=O) groups is 1. The molecule has 0 amide bonds. The predicted octanol–water partition coefficient (Wildman–Crippen LogP) is 1.20. The number of aryl methyl sites for hydroxylation is 2. The summed E-state index contributed by atoms with van der Waals surface area (Å²) in [5.41, 5.74) is 1.69. The lowest BCUT2D eigenvalue weighted by Gasteiger charge is -2.53. The first kappa shape index (κ1) is 22.6. The molecule has 4 aliphatic rings. The number of ether oxygens (including phenoxy) is 3. The molecule has 10 nitrogen and oxygen atoms in total. The monoisotopic (exact) mass is 496 g/mol. The topological polar surface area (TPSA) is 132 Å². The van der Waals surface area contributed by atoms with E-state index in [1.807, 2.05) is 0 Å². The van der Waals surface area contributed by atoms with E-state index in [-0.39, 0.29) is 9.79 Å². The van der Waals surface area contributed by atoms with Crippen LogP contribution in [-0.4, -0.2) is 59.6 Å². The van der Waals surface area contributed by atoms with Gasteiger partial charge in [-0.05, 0) is 38.1 Å². The highest BCUT2D eigenvalue weighted by atomic mass is 32.2. The summed E-state index contributed by atoms with van der Waals surface area (Å²) in [6.07, 6.45) is -6.79. The van der Waals surface area contributed by atoms with Crippen molar-refractivity contribution in [1.29, 1.82) is 0 Å². The number of carbonyl (C=O) groups excluding carboxylic acids is 1. The molecule has 2 aromatic rings. The maximum absolute atomic E-state index is 12.9. The van der Waals surface area contributed by atoms with E-state index in [1.165, 1.54) is 24.3 Å². The van der Waals surface area contributed by atoms with Crippen molar-refractivity contribution >= 4 is 26.0 Å². The zero-order chi connectivity index (χ0) is 23.5. The van der Waals surface area contributed by atoms with Gasteiger partial charge < -0.3 is 14.2 Å². The van der Waals surface area contributed by atoms with E-state index in [4.69, 9.17) is 22.6 Å². The van der Waals surface area contributed by atoms with Gasteiger partial charge in [-0.25, -0.2) is 0 Å². The molecule has 6 atom stereocenters. The number of Topliss-reactive ketones (excluding diaryl/α,β-unsaturated/α-hetero) is 1. The summed E-state index contributed by atoms with van der Waals surface area (Å²) in [7, 11) is -8.65. The van der Waals surface area contributed by atoms with Gasteiger partial charge in [0, 0.05) is 0 Å². The molecule has 6 rings (SSSR count). The van der Waals surface area contributed by atoms with Gasteiger partial charge in [-0.15, -0.1) is 0 Å². The van der Waals surface area contributed by atoms with Crippen molar-refractivity contribution in [3.05, 3.63) is 59.7 Å². The summed E-state index contributed by atoms with van der Waals surface area (Å²) in [4.78, 5) is 12.6. The van der Waals surface area contributed by atoms with Gasteiger partial charge >= 0.3 is 0 Å². The molecule has 1 aliphatic carbocycles.